The monoisotopic (exact) mass is 493 g/mol. The van der Waals surface area contributed by atoms with Crippen LogP contribution in [0.1, 0.15) is 39.2 Å². The molecule has 5 rings (SSSR count). The number of aromatic nitrogens is 2. The van der Waals surface area contributed by atoms with Gasteiger partial charge in [0.1, 0.15) is 17.6 Å². The average molecular weight is 494 g/mol. The maximum absolute atomic E-state index is 13.2. The van der Waals surface area contributed by atoms with E-state index in [9.17, 15) is 14.7 Å². The number of furan rings is 2. The highest BCUT2D eigenvalue weighted by molar-refractivity contribution is 8.00. The molecule has 1 aromatic carbocycles. The minimum absolute atomic E-state index is 0.0249. The summed E-state index contributed by atoms with van der Waals surface area (Å²) in [6, 6.07) is 13.6. The summed E-state index contributed by atoms with van der Waals surface area (Å²) in [6.07, 6.45) is 1.44. The molecule has 34 heavy (non-hydrogen) atoms. The SMILES string of the molecule is Cc1ccc(CSc2nnc(N3C(=O)C(O)=C(C(=O)c4ccc(C)o4)[C@H]3c3ccco3)s2)cc1. The molecule has 1 aliphatic heterocycles. The first-order valence-corrected chi connectivity index (χ1v) is 12.2. The minimum atomic E-state index is -0.997. The van der Waals surface area contributed by atoms with Crippen molar-refractivity contribution in [3.05, 3.63) is 94.5 Å². The number of hydrogen-bond acceptors (Lipinski definition) is 9. The third kappa shape index (κ3) is 4.06. The molecule has 0 spiro atoms. The molecule has 172 valence electrons. The summed E-state index contributed by atoms with van der Waals surface area (Å²) in [7, 11) is 0. The molecule has 1 N–H and O–H groups in total. The number of Topliss-reactive ketones (excluding diaryl/α,β-unsaturated/α-hetero) is 1. The lowest BCUT2D eigenvalue weighted by Crippen LogP contribution is -2.30. The van der Waals surface area contributed by atoms with Gasteiger partial charge in [-0.25, -0.2) is 0 Å². The Labute approximate surface area is 202 Å². The number of benzene rings is 1. The van der Waals surface area contributed by atoms with Crippen LogP contribution in [0.25, 0.3) is 0 Å². The highest BCUT2D eigenvalue weighted by atomic mass is 32.2. The third-order valence-corrected chi connectivity index (χ3v) is 7.44. The Bertz CT molecular complexity index is 1390. The number of thioether (sulfide) groups is 1. The largest absolute Gasteiger partial charge is 0.503 e. The number of anilines is 1. The van der Waals surface area contributed by atoms with Crippen molar-refractivity contribution in [3.8, 4) is 0 Å². The number of aryl methyl sites for hydroxylation is 2. The van der Waals surface area contributed by atoms with E-state index in [0.717, 1.165) is 5.56 Å². The zero-order chi connectivity index (χ0) is 23.8. The number of aliphatic hydroxyl groups excluding tert-OH is 1. The van der Waals surface area contributed by atoms with Crippen LogP contribution in [0.2, 0.25) is 0 Å². The van der Waals surface area contributed by atoms with E-state index in [2.05, 4.69) is 22.3 Å². The maximum Gasteiger partial charge on any atom is 0.296 e. The molecule has 0 unspecified atom stereocenters. The predicted molar refractivity (Wildman–Crippen MR) is 127 cm³/mol. The van der Waals surface area contributed by atoms with Crippen LogP contribution in [0.3, 0.4) is 0 Å². The Morgan fingerprint density at radius 3 is 2.62 bits per heavy atom. The van der Waals surface area contributed by atoms with Crippen molar-refractivity contribution in [1.82, 2.24) is 10.2 Å². The molecule has 4 aromatic rings. The second kappa shape index (κ2) is 8.96. The molecule has 0 aliphatic carbocycles. The van der Waals surface area contributed by atoms with Crippen molar-refractivity contribution in [2.75, 3.05) is 4.90 Å². The van der Waals surface area contributed by atoms with Crippen LogP contribution in [0.5, 0.6) is 0 Å². The Hall–Kier alpha value is -3.63. The Morgan fingerprint density at radius 1 is 1.15 bits per heavy atom. The molecule has 1 atom stereocenters. The molecule has 0 saturated carbocycles. The fourth-order valence-corrected chi connectivity index (χ4v) is 5.45. The van der Waals surface area contributed by atoms with Crippen LogP contribution in [-0.4, -0.2) is 27.0 Å². The van der Waals surface area contributed by atoms with Crippen molar-refractivity contribution in [3.63, 3.8) is 0 Å². The minimum Gasteiger partial charge on any atom is -0.503 e. The Balaban J connectivity index is 1.45. The molecule has 8 nitrogen and oxygen atoms in total. The van der Waals surface area contributed by atoms with Gasteiger partial charge in [0.25, 0.3) is 5.91 Å². The van der Waals surface area contributed by atoms with E-state index < -0.39 is 23.5 Å². The summed E-state index contributed by atoms with van der Waals surface area (Å²) < 4.78 is 11.6. The van der Waals surface area contributed by atoms with Gasteiger partial charge >= 0.3 is 0 Å². The van der Waals surface area contributed by atoms with Crippen LogP contribution in [0.15, 0.2) is 79.3 Å². The zero-order valence-electron chi connectivity index (χ0n) is 18.2. The van der Waals surface area contributed by atoms with Crippen LogP contribution in [0.4, 0.5) is 5.13 Å². The van der Waals surface area contributed by atoms with Crippen molar-refractivity contribution in [2.45, 2.75) is 30.0 Å². The third-order valence-electron chi connectivity index (χ3n) is 5.31. The summed E-state index contributed by atoms with van der Waals surface area (Å²) in [5.41, 5.74) is 2.20. The standard InChI is InChI=1S/C24H19N3O5S2/c1-13-5-8-15(9-6-13)12-33-24-26-25-23(34-24)27-19(16-4-3-11-31-16)18(21(29)22(27)30)20(28)17-10-7-14(2)32-17/h3-11,19,29H,12H2,1-2H3/t19-/m1/s1. The Kier molecular flexibility index (Phi) is 5.84. The van der Waals surface area contributed by atoms with Gasteiger partial charge in [-0.15, -0.1) is 10.2 Å². The van der Waals surface area contributed by atoms with E-state index in [1.807, 2.05) is 19.1 Å². The van der Waals surface area contributed by atoms with Gasteiger partial charge < -0.3 is 13.9 Å². The molecular weight excluding hydrogens is 474 g/mol. The number of amides is 1. The molecule has 0 saturated heterocycles. The van der Waals surface area contributed by atoms with Crippen molar-refractivity contribution in [2.24, 2.45) is 0 Å². The van der Waals surface area contributed by atoms with E-state index in [1.54, 1.807) is 25.1 Å². The number of ketones is 1. The fraction of sp³-hybridized carbons (Fsp3) is 0.167. The quantitative estimate of drug-likeness (QED) is 0.207. The van der Waals surface area contributed by atoms with E-state index in [4.69, 9.17) is 8.83 Å². The highest BCUT2D eigenvalue weighted by Crippen LogP contribution is 2.44. The predicted octanol–water partition coefficient (Wildman–Crippen LogP) is 5.42. The van der Waals surface area contributed by atoms with E-state index in [1.165, 1.54) is 45.9 Å². The first-order valence-electron chi connectivity index (χ1n) is 10.4. The van der Waals surface area contributed by atoms with Crippen molar-refractivity contribution < 1.29 is 23.5 Å². The van der Waals surface area contributed by atoms with Crippen molar-refractivity contribution >= 4 is 39.9 Å². The molecule has 0 radical (unpaired) electrons. The van der Waals surface area contributed by atoms with E-state index in [0.29, 0.717) is 21.6 Å². The highest BCUT2D eigenvalue weighted by Gasteiger charge is 2.48. The van der Waals surface area contributed by atoms with Gasteiger partial charge in [0.2, 0.25) is 10.9 Å². The van der Waals surface area contributed by atoms with Crippen LogP contribution in [-0.2, 0) is 10.5 Å². The molecule has 3 aromatic heterocycles. The number of nitrogens with zero attached hydrogens (tertiary/aromatic N) is 3. The topological polar surface area (TPSA) is 110 Å². The number of hydrogen-bond donors (Lipinski definition) is 1. The fourth-order valence-electron chi connectivity index (χ4n) is 3.63. The van der Waals surface area contributed by atoms with Gasteiger partial charge in [-0.1, -0.05) is 52.9 Å². The smallest absolute Gasteiger partial charge is 0.296 e. The van der Waals surface area contributed by atoms with Gasteiger partial charge in [-0.3, -0.25) is 14.5 Å². The second-order valence-corrected chi connectivity index (χ2v) is 9.90. The number of aliphatic hydroxyl groups is 1. The molecule has 0 bridgehead atoms. The summed E-state index contributed by atoms with van der Waals surface area (Å²) in [6.45, 7) is 3.74. The van der Waals surface area contributed by atoms with Crippen LogP contribution in [0, 0.1) is 13.8 Å². The van der Waals surface area contributed by atoms with E-state index in [-0.39, 0.29) is 16.5 Å². The van der Waals surface area contributed by atoms with Gasteiger partial charge in [0, 0.05) is 5.75 Å². The molecule has 1 aliphatic rings. The lowest BCUT2D eigenvalue weighted by atomic mass is 10.00. The van der Waals surface area contributed by atoms with Gasteiger partial charge in [0.15, 0.2) is 15.9 Å². The lowest BCUT2D eigenvalue weighted by Gasteiger charge is -2.21. The summed E-state index contributed by atoms with van der Waals surface area (Å²) in [4.78, 5) is 27.6. The molecule has 4 heterocycles. The molecular formula is C24H19N3O5S2. The normalized spacial score (nSPS) is 16.0. The Morgan fingerprint density at radius 2 is 1.94 bits per heavy atom. The maximum atomic E-state index is 13.2. The zero-order valence-corrected chi connectivity index (χ0v) is 19.9. The molecule has 10 heteroatoms. The first-order chi connectivity index (χ1) is 16.4. The molecule has 0 fully saturated rings. The summed E-state index contributed by atoms with van der Waals surface area (Å²) in [5.74, 6) is -0.441. The first kappa shape index (κ1) is 22.2. The second-order valence-electron chi connectivity index (χ2n) is 7.72. The van der Waals surface area contributed by atoms with Crippen molar-refractivity contribution in [1.29, 1.82) is 0 Å². The average Bonchev–Trinajstić information content (AvgIpc) is 3.62. The molecule has 1 amide bonds. The number of carbonyl (C=O) groups excluding carboxylic acids is 2. The number of carbonyl (C=O) groups is 2. The van der Waals surface area contributed by atoms with Gasteiger partial charge in [-0.05, 0) is 43.7 Å². The van der Waals surface area contributed by atoms with Crippen LogP contribution < -0.4 is 4.90 Å². The van der Waals surface area contributed by atoms with Gasteiger partial charge in [-0.2, -0.15) is 0 Å². The summed E-state index contributed by atoms with van der Waals surface area (Å²) >= 11 is 2.70. The van der Waals surface area contributed by atoms with Gasteiger partial charge in [0.05, 0.1) is 11.8 Å². The number of rotatable bonds is 7. The lowest BCUT2D eigenvalue weighted by molar-refractivity contribution is -0.117. The summed E-state index contributed by atoms with van der Waals surface area (Å²) in [5, 5.41) is 19.3. The van der Waals surface area contributed by atoms with Crippen LogP contribution >= 0.6 is 23.1 Å². The van der Waals surface area contributed by atoms with E-state index >= 15 is 0 Å².